The van der Waals surface area contributed by atoms with E-state index in [1.54, 1.807) is 12.4 Å². The van der Waals surface area contributed by atoms with Gasteiger partial charge < -0.3 is 5.73 Å². The predicted molar refractivity (Wildman–Crippen MR) is 111 cm³/mol. The lowest BCUT2D eigenvalue weighted by Gasteiger charge is -2.12. The summed E-state index contributed by atoms with van der Waals surface area (Å²) in [7, 11) is 0. The quantitative estimate of drug-likeness (QED) is 0.457. The second-order valence-electron chi connectivity index (χ2n) is 7.33. The molecule has 1 aromatic carbocycles. The molecular weight excluding hydrogens is 360 g/mol. The number of carbonyl (C=O) groups excluding carboxylic acids is 1. The van der Waals surface area contributed by atoms with Gasteiger partial charge in [0.05, 0.1) is 16.8 Å². The minimum atomic E-state index is -0.245. The molecule has 0 saturated heterocycles. The summed E-state index contributed by atoms with van der Waals surface area (Å²) in [4.78, 5) is 24.9. The molecule has 0 aliphatic rings. The van der Waals surface area contributed by atoms with Gasteiger partial charge in [0.1, 0.15) is 0 Å². The summed E-state index contributed by atoms with van der Waals surface area (Å²) in [5, 5.41) is 0.220. The molecule has 142 valence electrons. The van der Waals surface area contributed by atoms with Crippen molar-refractivity contribution in [3.8, 4) is 11.3 Å². The van der Waals surface area contributed by atoms with Crippen LogP contribution in [0.1, 0.15) is 38.3 Å². The van der Waals surface area contributed by atoms with Gasteiger partial charge in [-0.05, 0) is 69.0 Å². The third-order valence-electron chi connectivity index (χ3n) is 3.98. The molecule has 0 unspecified atom stereocenters. The third kappa shape index (κ3) is 6.29. The van der Waals surface area contributed by atoms with Crippen molar-refractivity contribution in [2.75, 3.05) is 0 Å². The van der Waals surface area contributed by atoms with E-state index in [-0.39, 0.29) is 16.6 Å². The molecule has 1 aromatic heterocycles. The lowest BCUT2D eigenvalue weighted by atomic mass is 9.97. The summed E-state index contributed by atoms with van der Waals surface area (Å²) in [6.07, 6.45) is 5.53. The molecule has 27 heavy (non-hydrogen) atoms. The monoisotopic (exact) mass is 384 g/mol. The molecule has 2 aromatic rings. The fraction of sp³-hybridized carbons (Fsp3) is 0.333. The molecule has 1 heterocycles. The lowest BCUT2D eigenvalue weighted by Crippen LogP contribution is -2.13. The Morgan fingerprint density at radius 3 is 2.63 bits per heavy atom. The number of hydrogen-bond donors (Lipinski definition) is 1. The van der Waals surface area contributed by atoms with E-state index < -0.39 is 0 Å². The SMILES string of the molecule is Cc1cc(-c2ccnc(Cl)n2)ccc1CCC(=O)C(C=NC(C)(C)C)=CN. The molecule has 6 heteroatoms. The van der Waals surface area contributed by atoms with Gasteiger partial charge in [0.15, 0.2) is 5.78 Å². The highest BCUT2D eigenvalue weighted by Gasteiger charge is 2.12. The van der Waals surface area contributed by atoms with Gasteiger partial charge in [-0.2, -0.15) is 0 Å². The molecule has 0 radical (unpaired) electrons. The molecule has 0 bridgehead atoms. The second-order valence-corrected chi connectivity index (χ2v) is 7.66. The van der Waals surface area contributed by atoms with Crippen molar-refractivity contribution in [3.63, 3.8) is 0 Å². The van der Waals surface area contributed by atoms with E-state index in [1.165, 1.54) is 6.20 Å². The standard InChI is InChI=1S/C21H25ClN4O/c1-14-11-16(18-9-10-24-20(22)26-18)6-5-15(14)7-8-19(27)17(12-23)13-25-21(2,3)4/h5-6,9-13H,7-8,23H2,1-4H3. The minimum Gasteiger partial charge on any atom is -0.404 e. The summed E-state index contributed by atoms with van der Waals surface area (Å²) in [6, 6.07) is 7.85. The second kappa shape index (κ2) is 8.91. The van der Waals surface area contributed by atoms with Crippen molar-refractivity contribution < 1.29 is 4.79 Å². The Morgan fingerprint density at radius 1 is 1.30 bits per heavy atom. The topological polar surface area (TPSA) is 81.2 Å². The Kier molecular flexibility index (Phi) is 6.86. The van der Waals surface area contributed by atoms with Crippen molar-refractivity contribution in [2.45, 2.75) is 46.1 Å². The van der Waals surface area contributed by atoms with Crippen molar-refractivity contribution in [3.05, 3.63) is 58.6 Å². The molecule has 0 amide bonds. The maximum Gasteiger partial charge on any atom is 0.222 e. The van der Waals surface area contributed by atoms with Gasteiger partial charge in [0, 0.05) is 30.6 Å². The molecule has 0 aliphatic carbocycles. The highest BCUT2D eigenvalue weighted by Crippen LogP contribution is 2.22. The zero-order valence-electron chi connectivity index (χ0n) is 16.2. The minimum absolute atomic E-state index is 0.0171. The molecule has 0 aliphatic heterocycles. The Labute approximate surface area is 165 Å². The van der Waals surface area contributed by atoms with Crippen LogP contribution in [-0.2, 0) is 11.2 Å². The molecule has 5 nitrogen and oxygen atoms in total. The summed E-state index contributed by atoms with van der Waals surface area (Å²) < 4.78 is 0. The van der Waals surface area contributed by atoms with Crippen LogP contribution in [0.25, 0.3) is 11.3 Å². The van der Waals surface area contributed by atoms with Gasteiger partial charge in [-0.25, -0.2) is 9.97 Å². The van der Waals surface area contributed by atoms with E-state index in [9.17, 15) is 4.79 Å². The van der Waals surface area contributed by atoms with Gasteiger partial charge in [0.25, 0.3) is 0 Å². The average molecular weight is 385 g/mol. The van der Waals surface area contributed by atoms with E-state index in [0.717, 1.165) is 22.4 Å². The van der Waals surface area contributed by atoms with Crippen molar-refractivity contribution in [1.29, 1.82) is 0 Å². The van der Waals surface area contributed by atoms with Crippen LogP contribution in [0.15, 0.2) is 47.2 Å². The summed E-state index contributed by atoms with van der Waals surface area (Å²) in [5.74, 6) is -0.0171. The number of aromatic nitrogens is 2. The third-order valence-corrected chi connectivity index (χ3v) is 4.16. The number of rotatable bonds is 6. The van der Waals surface area contributed by atoms with Crippen LogP contribution in [0.4, 0.5) is 0 Å². The number of allylic oxidation sites excluding steroid dienone is 1. The van der Waals surface area contributed by atoms with E-state index in [2.05, 4.69) is 15.0 Å². The summed E-state index contributed by atoms with van der Waals surface area (Å²) >= 11 is 5.86. The van der Waals surface area contributed by atoms with Crippen LogP contribution < -0.4 is 5.73 Å². The predicted octanol–water partition coefficient (Wildman–Crippen LogP) is 4.32. The maximum atomic E-state index is 12.4. The molecule has 0 atom stereocenters. The number of benzene rings is 1. The molecule has 0 saturated carbocycles. The van der Waals surface area contributed by atoms with E-state index in [1.807, 2.05) is 52.0 Å². The Bertz CT molecular complexity index is 882. The number of halogens is 1. The van der Waals surface area contributed by atoms with Crippen molar-refractivity contribution in [1.82, 2.24) is 9.97 Å². The Morgan fingerprint density at radius 2 is 2.04 bits per heavy atom. The number of hydrogen-bond acceptors (Lipinski definition) is 5. The zero-order valence-corrected chi connectivity index (χ0v) is 16.9. The van der Waals surface area contributed by atoms with Crippen LogP contribution in [0.2, 0.25) is 5.28 Å². The molecule has 0 spiro atoms. The number of aliphatic imine (C=N–C) groups is 1. The van der Waals surface area contributed by atoms with Gasteiger partial charge in [0.2, 0.25) is 5.28 Å². The Hall–Kier alpha value is -2.53. The Balaban J connectivity index is 2.08. The number of Topliss-reactive ketones (excluding diaryl/α,β-unsaturated/α-hetero) is 1. The first kappa shape index (κ1) is 20.8. The fourth-order valence-corrected chi connectivity index (χ4v) is 2.64. The van der Waals surface area contributed by atoms with Crippen molar-refractivity contribution >= 4 is 23.6 Å². The van der Waals surface area contributed by atoms with Crippen LogP contribution in [0.5, 0.6) is 0 Å². The van der Waals surface area contributed by atoms with Crippen LogP contribution >= 0.6 is 11.6 Å². The van der Waals surface area contributed by atoms with Gasteiger partial charge in [-0.1, -0.05) is 12.1 Å². The van der Waals surface area contributed by atoms with E-state index >= 15 is 0 Å². The van der Waals surface area contributed by atoms with Crippen LogP contribution in [0.3, 0.4) is 0 Å². The van der Waals surface area contributed by atoms with E-state index in [0.29, 0.717) is 18.4 Å². The number of nitrogens with zero attached hydrogens (tertiary/aromatic N) is 3. The first-order chi connectivity index (χ1) is 12.7. The van der Waals surface area contributed by atoms with Crippen LogP contribution in [-0.4, -0.2) is 27.5 Å². The van der Waals surface area contributed by atoms with Gasteiger partial charge >= 0.3 is 0 Å². The number of ketones is 1. The normalized spacial score (nSPS) is 12.6. The zero-order chi connectivity index (χ0) is 20.0. The lowest BCUT2D eigenvalue weighted by molar-refractivity contribution is -0.115. The van der Waals surface area contributed by atoms with Crippen molar-refractivity contribution in [2.24, 2.45) is 10.7 Å². The number of carbonyl (C=O) groups is 1. The van der Waals surface area contributed by atoms with Gasteiger partial charge in [-0.3, -0.25) is 9.79 Å². The van der Waals surface area contributed by atoms with Gasteiger partial charge in [-0.15, -0.1) is 0 Å². The smallest absolute Gasteiger partial charge is 0.222 e. The number of aryl methyl sites for hydroxylation is 2. The largest absolute Gasteiger partial charge is 0.404 e. The first-order valence-corrected chi connectivity index (χ1v) is 9.16. The maximum absolute atomic E-state index is 12.4. The molecule has 0 fully saturated rings. The number of nitrogens with two attached hydrogens (primary N) is 1. The van der Waals surface area contributed by atoms with Crippen LogP contribution in [0, 0.1) is 6.92 Å². The summed E-state index contributed by atoms with van der Waals surface area (Å²) in [6.45, 7) is 7.93. The van der Waals surface area contributed by atoms with E-state index in [4.69, 9.17) is 17.3 Å². The highest BCUT2D eigenvalue weighted by atomic mass is 35.5. The first-order valence-electron chi connectivity index (χ1n) is 8.78. The highest BCUT2D eigenvalue weighted by molar-refractivity contribution is 6.28. The summed E-state index contributed by atoms with van der Waals surface area (Å²) in [5.41, 5.74) is 9.73. The fourth-order valence-electron chi connectivity index (χ4n) is 2.50. The average Bonchev–Trinajstić information content (AvgIpc) is 2.60. The molecular formula is C21H25ClN4O. The molecule has 2 N–H and O–H groups in total. The molecule has 2 rings (SSSR count).